The number of carbonyl (C=O) groups excluding carboxylic acids is 5. The van der Waals surface area contributed by atoms with E-state index in [4.69, 9.17) is 23.7 Å². The minimum absolute atomic E-state index is 0.00969. The molecule has 0 fully saturated rings. The van der Waals surface area contributed by atoms with E-state index in [1.165, 1.54) is 0 Å². The smallest absolute Gasteiger partial charge is 0.413 e. The lowest BCUT2D eigenvalue weighted by Crippen LogP contribution is -2.44. The molecule has 3 rings (SSSR count). The van der Waals surface area contributed by atoms with Crippen molar-refractivity contribution in [1.82, 2.24) is 16.0 Å². The minimum Gasteiger partial charge on any atom is -0.464 e. The molecule has 43 heavy (non-hydrogen) atoms. The lowest BCUT2D eigenvalue weighted by molar-refractivity contribution is -0.147. The van der Waals surface area contributed by atoms with E-state index in [-0.39, 0.29) is 44.9 Å². The second-order valence-electron chi connectivity index (χ2n) is 8.58. The lowest BCUT2D eigenvalue weighted by atomic mass is 10.1. The first kappa shape index (κ1) is 31.9. The molecular formula is C30H31N3O10. The molecule has 3 N–H and O–H groups in total. The number of ether oxygens (including phenoxy) is 5. The first-order valence-electron chi connectivity index (χ1n) is 13.3. The third-order valence-corrected chi connectivity index (χ3v) is 5.33. The molecule has 0 aliphatic rings. The van der Waals surface area contributed by atoms with E-state index < -0.39 is 36.3 Å². The van der Waals surface area contributed by atoms with Crippen molar-refractivity contribution in [1.29, 1.82) is 0 Å². The van der Waals surface area contributed by atoms with Crippen molar-refractivity contribution < 1.29 is 47.7 Å². The van der Waals surface area contributed by atoms with Gasteiger partial charge in [0.2, 0.25) is 0 Å². The average molecular weight is 594 g/mol. The Hall–Kier alpha value is -5.59. The summed E-state index contributed by atoms with van der Waals surface area (Å²) >= 11 is 0. The molecule has 0 aliphatic carbocycles. The van der Waals surface area contributed by atoms with Gasteiger partial charge in [-0.3, -0.25) is 4.79 Å². The summed E-state index contributed by atoms with van der Waals surface area (Å²) in [6.07, 6.45) is -2.83. The monoisotopic (exact) mass is 593 g/mol. The molecule has 0 heterocycles. The summed E-state index contributed by atoms with van der Waals surface area (Å²) in [6, 6.07) is 23.7. The van der Waals surface area contributed by atoms with Crippen molar-refractivity contribution in [2.45, 2.75) is 18.9 Å². The van der Waals surface area contributed by atoms with Crippen molar-refractivity contribution >= 4 is 30.2 Å². The summed E-state index contributed by atoms with van der Waals surface area (Å²) in [5.74, 6) is -0.601. The largest absolute Gasteiger partial charge is 0.464 e. The Balaban J connectivity index is 1.41. The lowest BCUT2D eigenvalue weighted by Gasteiger charge is -2.17. The standard InChI is InChI=1S/C30H31N3O10/c34-26(39-20-18-31-28(36)41-22-10-4-1-5-11-22)17-16-25(33-30(38)43-24-14-8-3-9-15-24)27(35)40-21-19-32-29(37)42-23-12-6-2-7-13-23/h1-15,25H,16-21H2,(H,31,36)(H,32,37)(H,33,38). The first-order chi connectivity index (χ1) is 20.9. The number of esters is 2. The molecule has 13 heteroatoms. The van der Waals surface area contributed by atoms with Crippen LogP contribution in [0.2, 0.25) is 0 Å². The van der Waals surface area contributed by atoms with Crippen molar-refractivity contribution in [3.8, 4) is 17.2 Å². The van der Waals surface area contributed by atoms with Crippen LogP contribution < -0.4 is 30.2 Å². The maximum absolute atomic E-state index is 12.7. The molecule has 13 nitrogen and oxygen atoms in total. The fraction of sp³-hybridized carbons (Fsp3) is 0.233. The highest BCUT2D eigenvalue weighted by Crippen LogP contribution is 2.11. The van der Waals surface area contributed by atoms with Gasteiger partial charge in [0.1, 0.15) is 36.5 Å². The molecule has 0 aromatic heterocycles. The van der Waals surface area contributed by atoms with Gasteiger partial charge in [-0.2, -0.15) is 0 Å². The quantitative estimate of drug-likeness (QED) is 0.186. The van der Waals surface area contributed by atoms with Gasteiger partial charge in [0.05, 0.1) is 13.1 Å². The molecule has 1 unspecified atom stereocenters. The van der Waals surface area contributed by atoms with E-state index in [1.54, 1.807) is 91.0 Å². The van der Waals surface area contributed by atoms with Crippen molar-refractivity contribution in [2.75, 3.05) is 26.3 Å². The molecule has 0 spiro atoms. The summed E-state index contributed by atoms with van der Waals surface area (Å²) < 4.78 is 25.5. The number of hydrogen-bond donors (Lipinski definition) is 3. The Morgan fingerprint density at radius 3 is 1.44 bits per heavy atom. The number of nitrogens with one attached hydrogen (secondary N) is 3. The average Bonchev–Trinajstić information content (AvgIpc) is 3.01. The van der Waals surface area contributed by atoms with Crippen LogP contribution in [0, 0.1) is 0 Å². The summed E-state index contributed by atoms with van der Waals surface area (Å²) in [5, 5.41) is 7.26. The third kappa shape index (κ3) is 13.1. The van der Waals surface area contributed by atoms with Crippen LogP contribution in [0.15, 0.2) is 91.0 Å². The molecule has 3 amide bonds. The fourth-order valence-electron chi connectivity index (χ4n) is 3.34. The normalized spacial score (nSPS) is 10.8. The number of amides is 3. The van der Waals surface area contributed by atoms with Gasteiger partial charge in [0.15, 0.2) is 0 Å². The van der Waals surface area contributed by atoms with Crippen molar-refractivity contribution in [2.24, 2.45) is 0 Å². The van der Waals surface area contributed by atoms with E-state index in [0.29, 0.717) is 11.5 Å². The van der Waals surface area contributed by atoms with Crippen LogP contribution in [0.4, 0.5) is 14.4 Å². The molecule has 3 aromatic rings. The van der Waals surface area contributed by atoms with Crippen molar-refractivity contribution in [3.05, 3.63) is 91.0 Å². The number of carbonyl (C=O) groups is 5. The number of rotatable bonds is 14. The van der Waals surface area contributed by atoms with E-state index >= 15 is 0 Å². The predicted octanol–water partition coefficient (Wildman–Crippen LogP) is 3.59. The van der Waals surface area contributed by atoms with E-state index in [1.807, 2.05) is 0 Å². The van der Waals surface area contributed by atoms with Gasteiger partial charge >= 0.3 is 30.2 Å². The van der Waals surface area contributed by atoms with Crippen molar-refractivity contribution in [3.63, 3.8) is 0 Å². The SMILES string of the molecule is O=C(CCC(NC(=O)Oc1ccccc1)C(=O)OCCNC(=O)Oc1ccccc1)OCCNC(=O)Oc1ccccc1. The van der Waals surface area contributed by atoms with Crippen LogP contribution in [0.5, 0.6) is 17.2 Å². The topological polar surface area (TPSA) is 168 Å². The molecule has 226 valence electrons. The summed E-state index contributed by atoms with van der Waals surface area (Å²) in [7, 11) is 0. The number of hydrogen-bond acceptors (Lipinski definition) is 10. The van der Waals surface area contributed by atoms with Crippen LogP contribution in [-0.4, -0.2) is 62.6 Å². The Morgan fingerprint density at radius 2 is 0.977 bits per heavy atom. The number of benzene rings is 3. The fourth-order valence-corrected chi connectivity index (χ4v) is 3.34. The Bertz CT molecular complexity index is 1320. The first-order valence-corrected chi connectivity index (χ1v) is 13.3. The van der Waals surface area contributed by atoms with Gasteiger partial charge in [-0.1, -0.05) is 54.6 Å². The summed E-state index contributed by atoms with van der Waals surface area (Å²) in [6.45, 7) is -0.458. The highest BCUT2D eigenvalue weighted by atomic mass is 16.6. The van der Waals surface area contributed by atoms with Gasteiger partial charge in [-0.25, -0.2) is 19.2 Å². The molecule has 0 aliphatic heterocycles. The van der Waals surface area contributed by atoms with Crippen LogP contribution in [-0.2, 0) is 19.1 Å². The van der Waals surface area contributed by atoms with Gasteiger partial charge in [0.25, 0.3) is 0 Å². The second kappa shape index (κ2) is 18.0. The molecular weight excluding hydrogens is 562 g/mol. The molecule has 0 saturated heterocycles. The Morgan fingerprint density at radius 1 is 0.558 bits per heavy atom. The van der Waals surface area contributed by atoms with Gasteiger partial charge in [0, 0.05) is 6.42 Å². The van der Waals surface area contributed by atoms with Gasteiger partial charge in [-0.15, -0.1) is 0 Å². The van der Waals surface area contributed by atoms with Gasteiger partial charge < -0.3 is 39.6 Å². The van der Waals surface area contributed by atoms with Crippen LogP contribution in [0.1, 0.15) is 12.8 Å². The Labute approximate surface area is 247 Å². The van der Waals surface area contributed by atoms with Crippen LogP contribution in [0.3, 0.4) is 0 Å². The molecule has 0 bridgehead atoms. The Kier molecular flexibility index (Phi) is 13.3. The minimum atomic E-state index is -1.26. The summed E-state index contributed by atoms with van der Waals surface area (Å²) in [5.41, 5.74) is 0. The highest BCUT2D eigenvalue weighted by Gasteiger charge is 2.25. The maximum atomic E-state index is 12.7. The predicted molar refractivity (Wildman–Crippen MR) is 151 cm³/mol. The zero-order valence-corrected chi connectivity index (χ0v) is 23.1. The maximum Gasteiger partial charge on any atom is 0.413 e. The van der Waals surface area contributed by atoms with E-state index in [0.717, 1.165) is 0 Å². The van der Waals surface area contributed by atoms with E-state index in [9.17, 15) is 24.0 Å². The third-order valence-electron chi connectivity index (χ3n) is 5.33. The second-order valence-corrected chi connectivity index (χ2v) is 8.58. The molecule has 0 radical (unpaired) electrons. The van der Waals surface area contributed by atoms with E-state index in [2.05, 4.69) is 16.0 Å². The molecule has 3 aromatic carbocycles. The zero-order chi connectivity index (χ0) is 30.7. The number of para-hydroxylation sites is 3. The summed E-state index contributed by atoms with van der Waals surface area (Å²) in [4.78, 5) is 61.0. The van der Waals surface area contributed by atoms with Crippen LogP contribution >= 0.6 is 0 Å². The van der Waals surface area contributed by atoms with Gasteiger partial charge in [-0.05, 0) is 42.8 Å². The highest BCUT2D eigenvalue weighted by molar-refractivity contribution is 5.83. The zero-order valence-electron chi connectivity index (χ0n) is 23.1. The molecule has 0 saturated carbocycles. The van der Waals surface area contributed by atoms with Crippen LogP contribution in [0.25, 0.3) is 0 Å². The molecule has 1 atom stereocenters.